The van der Waals surface area contributed by atoms with Gasteiger partial charge in [-0.2, -0.15) is 0 Å². The lowest BCUT2D eigenvalue weighted by Crippen LogP contribution is -2.30. The Labute approximate surface area is 131 Å². The van der Waals surface area contributed by atoms with Crippen LogP contribution in [0.5, 0.6) is 0 Å². The third-order valence-corrected chi connectivity index (χ3v) is 4.10. The van der Waals surface area contributed by atoms with Crippen LogP contribution in [-0.4, -0.2) is 9.56 Å². The van der Waals surface area contributed by atoms with Gasteiger partial charge in [0.15, 0.2) is 0 Å². The highest BCUT2D eigenvalue weighted by Crippen LogP contribution is 2.26. The number of aryl methyl sites for hydroxylation is 1. The molecule has 2 N–H and O–H groups in total. The first kappa shape index (κ1) is 15.0. The lowest BCUT2D eigenvalue weighted by atomic mass is 10.2. The Hall–Kier alpha value is -1.36. The molecule has 0 aliphatic rings. The number of rotatable bonds is 3. The van der Waals surface area contributed by atoms with Crippen LogP contribution in [-0.2, 0) is 6.54 Å². The van der Waals surface area contributed by atoms with Gasteiger partial charge in [-0.1, -0.05) is 47.6 Å². The fraction of sp³-hybridized carbons (Fsp3) is 0.143. The molecule has 0 fully saturated rings. The Morgan fingerprint density at radius 2 is 2.00 bits per heavy atom. The Balaban J connectivity index is 2.54. The summed E-state index contributed by atoms with van der Waals surface area (Å²) in [6.07, 6.45) is 0. The Bertz CT molecular complexity index is 740. The van der Waals surface area contributed by atoms with Gasteiger partial charge in [-0.05, 0) is 30.7 Å². The maximum Gasteiger partial charge on any atom is 0.261 e. The average Bonchev–Trinajstić information content (AvgIpc) is 2.38. The quantitative estimate of drug-likeness (QED) is 0.881. The van der Waals surface area contributed by atoms with Gasteiger partial charge in [0.25, 0.3) is 5.56 Å². The molecule has 2 rings (SSSR count). The molecule has 1 aromatic carbocycles. The second-order valence-corrected chi connectivity index (χ2v) is 5.58. The van der Waals surface area contributed by atoms with Crippen LogP contribution in [0.25, 0.3) is 0 Å². The van der Waals surface area contributed by atoms with Crippen molar-refractivity contribution in [2.24, 2.45) is 5.73 Å². The van der Waals surface area contributed by atoms with Crippen LogP contribution >= 0.6 is 35.4 Å². The number of pyridine rings is 1. The van der Waals surface area contributed by atoms with E-state index in [0.29, 0.717) is 22.2 Å². The molecular formula is C14H12Cl2N2OS. The molecule has 20 heavy (non-hydrogen) atoms. The summed E-state index contributed by atoms with van der Waals surface area (Å²) in [6, 6.07) is 8.76. The predicted octanol–water partition coefficient (Wildman–Crippen LogP) is 3.15. The number of nitrogens with two attached hydrogens (primary N) is 1. The summed E-state index contributed by atoms with van der Waals surface area (Å²) in [4.78, 5) is 12.4. The standard InChI is InChI=1S/C14H12Cl2N2OS/c1-8-5-6-10(13(17)20)14(19)18(8)7-9-3-2-4-11(15)12(9)16/h2-6H,7H2,1H3,(H2,17,20). The first-order valence-corrected chi connectivity index (χ1v) is 7.01. The number of aromatic nitrogens is 1. The first-order chi connectivity index (χ1) is 9.41. The van der Waals surface area contributed by atoms with Gasteiger partial charge in [0.05, 0.1) is 22.2 Å². The molecule has 0 saturated heterocycles. The summed E-state index contributed by atoms with van der Waals surface area (Å²) >= 11 is 17.0. The molecular weight excluding hydrogens is 315 g/mol. The minimum atomic E-state index is -0.228. The molecule has 2 aromatic rings. The van der Waals surface area contributed by atoms with Gasteiger partial charge in [-0.15, -0.1) is 0 Å². The number of halogens is 2. The Morgan fingerprint density at radius 1 is 1.30 bits per heavy atom. The number of thiocarbonyl (C=S) groups is 1. The molecule has 0 aliphatic heterocycles. The summed E-state index contributed by atoms with van der Waals surface area (Å²) in [6.45, 7) is 2.16. The van der Waals surface area contributed by atoms with Gasteiger partial charge in [0.1, 0.15) is 4.99 Å². The van der Waals surface area contributed by atoms with Crippen LogP contribution in [0.3, 0.4) is 0 Å². The van der Waals surface area contributed by atoms with E-state index in [2.05, 4.69) is 0 Å². The molecule has 0 saturated carbocycles. The maximum absolute atomic E-state index is 12.4. The largest absolute Gasteiger partial charge is 0.389 e. The monoisotopic (exact) mass is 326 g/mol. The molecule has 104 valence electrons. The molecule has 1 aromatic heterocycles. The van der Waals surface area contributed by atoms with Crippen molar-refractivity contribution >= 4 is 40.4 Å². The normalized spacial score (nSPS) is 10.6. The summed E-state index contributed by atoms with van der Waals surface area (Å²) in [5, 5.41) is 0.904. The van der Waals surface area contributed by atoms with Crippen molar-refractivity contribution < 1.29 is 0 Å². The number of hydrogen-bond donors (Lipinski definition) is 1. The zero-order valence-corrected chi connectivity index (χ0v) is 13.0. The average molecular weight is 327 g/mol. The first-order valence-electron chi connectivity index (χ1n) is 5.85. The fourth-order valence-electron chi connectivity index (χ4n) is 1.90. The van der Waals surface area contributed by atoms with Crippen LogP contribution in [0.4, 0.5) is 0 Å². The Morgan fingerprint density at radius 3 is 2.65 bits per heavy atom. The van der Waals surface area contributed by atoms with Crippen molar-refractivity contribution in [2.75, 3.05) is 0 Å². The predicted molar refractivity (Wildman–Crippen MR) is 86.9 cm³/mol. The molecule has 0 unspecified atom stereocenters. The van der Waals surface area contributed by atoms with E-state index in [-0.39, 0.29) is 10.5 Å². The van der Waals surface area contributed by atoms with E-state index in [4.69, 9.17) is 41.2 Å². The Kier molecular flexibility index (Phi) is 4.48. The molecule has 6 heteroatoms. The number of nitrogens with zero attached hydrogens (tertiary/aromatic N) is 1. The highest BCUT2D eigenvalue weighted by molar-refractivity contribution is 7.80. The van der Waals surface area contributed by atoms with E-state index in [1.807, 2.05) is 13.0 Å². The van der Waals surface area contributed by atoms with Crippen molar-refractivity contribution in [2.45, 2.75) is 13.5 Å². The smallest absolute Gasteiger partial charge is 0.261 e. The summed E-state index contributed by atoms with van der Waals surface area (Å²) in [5.41, 5.74) is 7.21. The van der Waals surface area contributed by atoms with Gasteiger partial charge in [-0.25, -0.2) is 0 Å². The molecule has 0 spiro atoms. The van der Waals surface area contributed by atoms with E-state index in [1.54, 1.807) is 28.8 Å². The SMILES string of the molecule is Cc1ccc(C(N)=S)c(=O)n1Cc1cccc(Cl)c1Cl. The highest BCUT2D eigenvalue weighted by atomic mass is 35.5. The lowest BCUT2D eigenvalue weighted by Gasteiger charge is -2.13. The van der Waals surface area contributed by atoms with E-state index >= 15 is 0 Å². The molecule has 0 aliphatic carbocycles. The maximum atomic E-state index is 12.4. The second kappa shape index (κ2) is 5.95. The lowest BCUT2D eigenvalue weighted by molar-refractivity contribution is 0.728. The minimum Gasteiger partial charge on any atom is -0.389 e. The second-order valence-electron chi connectivity index (χ2n) is 4.36. The number of hydrogen-bond acceptors (Lipinski definition) is 2. The van der Waals surface area contributed by atoms with Crippen molar-refractivity contribution in [1.29, 1.82) is 0 Å². The van der Waals surface area contributed by atoms with Crippen molar-refractivity contribution in [3.8, 4) is 0 Å². The minimum absolute atomic E-state index is 0.0842. The van der Waals surface area contributed by atoms with Crippen LogP contribution < -0.4 is 11.3 Å². The van der Waals surface area contributed by atoms with E-state index in [9.17, 15) is 4.79 Å². The van der Waals surface area contributed by atoms with Crippen LogP contribution in [0.15, 0.2) is 35.1 Å². The van der Waals surface area contributed by atoms with Crippen LogP contribution in [0, 0.1) is 6.92 Å². The van der Waals surface area contributed by atoms with Crippen molar-refractivity contribution in [3.63, 3.8) is 0 Å². The third kappa shape index (κ3) is 2.87. The van der Waals surface area contributed by atoms with Gasteiger partial charge in [0.2, 0.25) is 0 Å². The van der Waals surface area contributed by atoms with Crippen molar-refractivity contribution in [3.05, 3.63) is 67.6 Å². The topological polar surface area (TPSA) is 48.0 Å². The molecule has 0 bridgehead atoms. The van der Waals surface area contributed by atoms with Gasteiger partial charge in [-0.3, -0.25) is 4.79 Å². The van der Waals surface area contributed by atoms with Crippen molar-refractivity contribution in [1.82, 2.24) is 4.57 Å². The molecule has 0 atom stereocenters. The number of benzene rings is 1. The van der Waals surface area contributed by atoms with Gasteiger partial charge in [0, 0.05) is 5.69 Å². The summed E-state index contributed by atoms with van der Waals surface area (Å²) < 4.78 is 1.58. The third-order valence-electron chi connectivity index (χ3n) is 3.02. The fourth-order valence-corrected chi connectivity index (χ4v) is 2.43. The molecule has 1 heterocycles. The zero-order valence-electron chi connectivity index (χ0n) is 10.7. The molecule has 0 amide bonds. The zero-order chi connectivity index (χ0) is 14.9. The molecule has 3 nitrogen and oxygen atoms in total. The highest BCUT2D eigenvalue weighted by Gasteiger charge is 2.11. The summed E-state index contributed by atoms with van der Waals surface area (Å²) in [5.74, 6) is 0. The van der Waals surface area contributed by atoms with Crippen LogP contribution in [0.2, 0.25) is 10.0 Å². The van der Waals surface area contributed by atoms with Crippen LogP contribution in [0.1, 0.15) is 16.8 Å². The van der Waals surface area contributed by atoms with E-state index in [0.717, 1.165) is 11.3 Å². The van der Waals surface area contributed by atoms with E-state index < -0.39 is 0 Å². The summed E-state index contributed by atoms with van der Waals surface area (Å²) in [7, 11) is 0. The molecule has 0 radical (unpaired) electrons. The van der Waals surface area contributed by atoms with E-state index in [1.165, 1.54) is 0 Å². The van der Waals surface area contributed by atoms with Gasteiger partial charge >= 0.3 is 0 Å². The van der Waals surface area contributed by atoms with Gasteiger partial charge < -0.3 is 10.3 Å².